The van der Waals surface area contributed by atoms with E-state index in [1.165, 1.54) is 24.3 Å². The fourth-order valence-corrected chi connectivity index (χ4v) is 2.99. The largest absolute Gasteiger partial charge is 0.507 e. The van der Waals surface area contributed by atoms with Gasteiger partial charge in [-0.3, -0.25) is 4.79 Å². The van der Waals surface area contributed by atoms with Crippen LogP contribution in [0.5, 0.6) is 28.7 Å². The molecule has 28 heavy (non-hydrogen) atoms. The van der Waals surface area contributed by atoms with Crippen molar-refractivity contribution >= 4 is 5.78 Å². The van der Waals surface area contributed by atoms with Crippen molar-refractivity contribution < 1.29 is 35.1 Å². The molecule has 0 radical (unpaired) electrons. The zero-order valence-corrected chi connectivity index (χ0v) is 15.7. The summed E-state index contributed by atoms with van der Waals surface area (Å²) < 4.78 is 5.65. The molecule has 3 rings (SSSR count). The van der Waals surface area contributed by atoms with Crippen molar-refractivity contribution in [3.8, 4) is 28.7 Å². The minimum Gasteiger partial charge on any atom is -0.507 e. The predicted molar refractivity (Wildman–Crippen MR) is 99.8 cm³/mol. The summed E-state index contributed by atoms with van der Waals surface area (Å²) >= 11 is 0. The predicted octanol–water partition coefficient (Wildman–Crippen LogP) is 2.07. The Morgan fingerprint density at radius 2 is 1.71 bits per heavy atom. The number of phenols is 4. The molecule has 1 aliphatic heterocycles. The molecule has 0 amide bonds. The van der Waals surface area contributed by atoms with Gasteiger partial charge in [0.05, 0.1) is 5.56 Å². The molecule has 1 heterocycles. The zero-order chi connectivity index (χ0) is 20.8. The van der Waals surface area contributed by atoms with Gasteiger partial charge in [0.2, 0.25) is 5.78 Å². The Labute approximate surface area is 161 Å². The number of benzene rings is 2. The maximum atomic E-state index is 12.7. The number of aliphatic hydroxyl groups excluding tert-OH is 1. The maximum absolute atomic E-state index is 12.7. The number of ketones is 1. The Balaban J connectivity index is 2.01. The second kappa shape index (κ2) is 6.88. The van der Waals surface area contributed by atoms with Crippen molar-refractivity contribution in [2.24, 2.45) is 0 Å². The lowest BCUT2D eigenvalue weighted by atomic mass is 9.91. The summed E-state index contributed by atoms with van der Waals surface area (Å²) in [5.41, 5.74) is -0.131. The number of hydrogen-bond donors (Lipinski definition) is 6. The van der Waals surface area contributed by atoms with Gasteiger partial charge in [0.25, 0.3) is 0 Å². The van der Waals surface area contributed by atoms with E-state index in [9.17, 15) is 30.3 Å². The number of nitrogens with one attached hydrogen (secondary N) is 1. The summed E-state index contributed by atoms with van der Waals surface area (Å²) in [6, 6.07) is 4.98. The molecule has 2 aromatic carbocycles. The molecule has 2 unspecified atom stereocenters. The van der Waals surface area contributed by atoms with Crippen molar-refractivity contribution in [3.63, 3.8) is 0 Å². The van der Waals surface area contributed by atoms with Crippen LogP contribution in [0.3, 0.4) is 0 Å². The van der Waals surface area contributed by atoms with Gasteiger partial charge >= 0.3 is 0 Å². The van der Waals surface area contributed by atoms with E-state index in [0.717, 1.165) is 0 Å². The number of rotatable bonds is 3. The summed E-state index contributed by atoms with van der Waals surface area (Å²) in [6.45, 7) is 5.84. The molecule has 0 aromatic heterocycles. The van der Waals surface area contributed by atoms with Crippen LogP contribution in [-0.4, -0.2) is 43.0 Å². The van der Waals surface area contributed by atoms with Gasteiger partial charge in [-0.2, -0.15) is 0 Å². The average Bonchev–Trinajstić information content (AvgIpc) is 2.59. The third-order valence-electron chi connectivity index (χ3n) is 4.53. The first-order valence-electron chi connectivity index (χ1n) is 8.73. The van der Waals surface area contributed by atoms with Gasteiger partial charge in [0.15, 0.2) is 23.7 Å². The van der Waals surface area contributed by atoms with E-state index in [1.807, 2.05) is 20.8 Å². The van der Waals surface area contributed by atoms with E-state index < -0.39 is 29.5 Å². The van der Waals surface area contributed by atoms with Crippen LogP contribution in [0, 0.1) is 0 Å². The summed E-state index contributed by atoms with van der Waals surface area (Å²) in [7, 11) is 0. The van der Waals surface area contributed by atoms with Gasteiger partial charge < -0.3 is 35.6 Å². The Hall–Kier alpha value is -2.97. The molecule has 0 aliphatic carbocycles. The normalized spacial score (nSPS) is 19.2. The number of carbonyl (C=O) groups is 1. The number of aromatic hydroxyl groups is 4. The van der Waals surface area contributed by atoms with Crippen molar-refractivity contribution in [2.45, 2.75) is 45.1 Å². The Morgan fingerprint density at radius 1 is 1.04 bits per heavy atom. The highest BCUT2D eigenvalue weighted by Gasteiger charge is 2.40. The number of carbonyl (C=O) groups excluding carboxylic acids is 1. The first kappa shape index (κ1) is 19.8. The standard InChI is InChI=1S/C20H23NO7/c1-20(2,3)21-8-10-12(23)7-14-15(16(10)25)17(26)18(27)19(28-14)9-4-5-11(22)13(24)6-9/h4-7,18-19,21-25,27H,8H2,1-3H3. The second-order valence-electron chi connectivity index (χ2n) is 7.80. The number of phenolic OH excluding ortho intramolecular Hbond substituents is 4. The molecule has 8 heteroatoms. The van der Waals surface area contributed by atoms with E-state index in [0.29, 0.717) is 0 Å². The average molecular weight is 389 g/mol. The number of Topliss-reactive ketones (excluding diaryl/α,β-unsaturated/α-hetero) is 1. The lowest BCUT2D eigenvalue weighted by Crippen LogP contribution is -2.37. The summed E-state index contributed by atoms with van der Waals surface area (Å²) in [5, 5.41) is 53.5. The number of aliphatic hydroxyl groups is 1. The molecule has 1 aliphatic rings. The minimum absolute atomic E-state index is 0.0811. The Morgan fingerprint density at radius 3 is 2.32 bits per heavy atom. The van der Waals surface area contributed by atoms with Gasteiger partial charge in [0.1, 0.15) is 22.8 Å². The zero-order valence-electron chi connectivity index (χ0n) is 15.7. The fourth-order valence-electron chi connectivity index (χ4n) is 2.99. The van der Waals surface area contributed by atoms with E-state index >= 15 is 0 Å². The first-order chi connectivity index (χ1) is 13.0. The highest BCUT2D eigenvalue weighted by atomic mass is 16.5. The van der Waals surface area contributed by atoms with Gasteiger partial charge in [-0.25, -0.2) is 0 Å². The molecule has 0 saturated carbocycles. The molecular weight excluding hydrogens is 366 g/mol. The summed E-state index contributed by atoms with van der Waals surface area (Å²) in [4.78, 5) is 12.7. The molecule has 0 fully saturated rings. The minimum atomic E-state index is -1.64. The molecule has 0 spiro atoms. The molecule has 8 nitrogen and oxygen atoms in total. The Kier molecular flexibility index (Phi) is 4.86. The third kappa shape index (κ3) is 3.56. The van der Waals surface area contributed by atoms with Crippen LogP contribution in [0.15, 0.2) is 24.3 Å². The van der Waals surface area contributed by atoms with Crippen LogP contribution in [-0.2, 0) is 6.54 Å². The molecule has 6 N–H and O–H groups in total. The molecule has 0 bridgehead atoms. The van der Waals surface area contributed by atoms with E-state index in [2.05, 4.69) is 5.32 Å². The molecule has 2 aromatic rings. The monoisotopic (exact) mass is 389 g/mol. The smallest absolute Gasteiger partial charge is 0.202 e. The van der Waals surface area contributed by atoms with Gasteiger partial charge in [-0.1, -0.05) is 6.07 Å². The molecular formula is C20H23NO7. The van der Waals surface area contributed by atoms with Crippen molar-refractivity contribution in [2.75, 3.05) is 0 Å². The maximum Gasteiger partial charge on any atom is 0.202 e. The molecule has 2 atom stereocenters. The van der Waals surface area contributed by atoms with Crippen molar-refractivity contribution in [1.82, 2.24) is 5.32 Å². The summed E-state index contributed by atoms with van der Waals surface area (Å²) in [6.07, 6.45) is -2.82. The van der Waals surface area contributed by atoms with Crippen LogP contribution < -0.4 is 10.1 Å². The second-order valence-corrected chi connectivity index (χ2v) is 7.80. The van der Waals surface area contributed by atoms with Crippen LogP contribution in [0.2, 0.25) is 0 Å². The first-order valence-corrected chi connectivity index (χ1v) is 8.73. The van der Waals surface area contributed by atoms with Crippen molar-refractivity contribution in [1.29, 1.82) is 0 Å². The highest BCUT2D eigenvalue weighted by molar-refractivity contribution is 6.06. The van der Waals surface area contributed by atoms with Crippen molar-refractivity contribution in [3.05, 3.63) is 41.0 Å². The SMILES string of the molecule is CC(C)(C)NCc1c(O)cc2c(c1O)C(=O)C(O)C(c1ccc(O)c(O)c1)O2. The fraction of sp³-hybridized carbons (Fsp3) is 0.350. The lowest BCUT2D eigenvalue weighted by molar-refractivity contribution is 0.0209. The van der Waals surface area contributed by atoms with Gasteiger partial charge in [-0.05, 0) is 38.5 Å². The van der Waals surface area contributed by atoms with Crippen LogP contribution in [0.25, 0.3) is 0 Å². The number of hydrogen-bond acceptors (Lipinski definition) is 8. The quantitative estimate of drug-likeness (QED) is 0.439. The molecule has 0 saturated heterocycles. The summed E-state index contributed by atoms with van der Waals surface area (Å²) in [5.74, 6) is -2.35. The van der Waals surface area contributed by atoms with E-state index in [4.69, 9.17) is 4.74 Å². The van der Waals surface area contributed by atoms with E-state index in [-0.39, 0.29) is 46.0 Å². The van der Waals surface area contributed by atoms with Crippen LogP contribution in [0.4, 0.5) is 0 Å². The third-order valence-corrected chi connectivity index (χ3v) is 4.53. The lowest BCUT2D eigenvalue weighted by Gasteiger charge is -2.31. The topological polar surface area (TPSA) is 139 Å². The molecule has 150 valence electrons. The van der Waals surface area contributed by atoms with E-state index in [1.54, 1.807) is 0 Å². The highest BCUT2D eigenvalue weighted by Crippen LogP contribution is 2.45. The van der Waals surface area contributed by atoms with Crippen LogP contribution >= 0.6 is 0 Å². The number of ether oxygens (including phenoxy) is 1. The van der Waals surface area contributed by atoms with Gasteiger partial charge in [-0.15, -0.1) is 0 Å². The van der Waals surface area contributed by atoms with Crippen LogP contribution in [0.1, 0.15) is 48.4 Å². The van der Waals surface area contributed by atoms with Gasteiger partial charge in [0, 0.05) is 18.2 Å². The Bertz CT molecular complexity index is 933. The number of fused-ring (bicyclic) bond motifs is 1.